The molecule has 2 aromatic heterocycles. The van der Waals surface area contributed by atoms with E-state index in [-0.39, 0.29) is 64.9 Å². The van der Waals surface area contributed by atoms with Crippen LogP contribution in [0, 0.1) is 11.6 Å². The summed E-state index contributed by atoms with van der Waals surface area (Å²) >= 11 is 7.07. The Bertz CT molecular complexity index is 1900. The second-order valence-corrected chi connectivity index (χ2v) is 12.1. The molecule has 0 saturated carbocycles. The zero-order valence-corrected chi connectivity index (χ0v) is 25.9. The molecule has 0 aliphatic carbocycles. The van der Waals surface area contributed by atoms with Gasteiger partial charge in [-0.15, -0.1) is 0 Å². The molecule has 6 rings (SSSR count). The monoisotopic (exact) mass is 636 g/mol. The molecule has 4 heterocycles. The minimum atomic E-state index is -1.03. The predicted octanol–water partition coefficient (Wildman–Crippen LogP) is 5.32. The average molecular weight is 637 g/mol. The number of phenolic OH excluding ortho intramolecular Hbond substituents is 1. The fraction of sp³-hybridized carbons (Fsp3) is 0.344. The van der Waals surface area contributed by atoms with E-state index in [0.29, 0.717) is 23.6 Å². The van der Waals surface area contributed by atoms with Gasteiger partial charge >= 0.3 is 5.69 Å². The lowest BCUT2D eigenvalue weighted by atomic mass is 9.98. The van der Waals surface area contributed by atoms with Crippen LogP contribution in [0.1, 0.15) is 50.9 Å². The number of halogens is 3. The highest BCUT2D eigenvalue weighted by Crippen LogP contribution is 2.50. The highest BCUT2D eigenvalue weighted by molar-refractivity contribution is 6.39. The van der Waals surface area contributed by atoms with Crippen LogP contribution in [0.15, 0.2) is 42.0 Å². The molecule has 1 unspecified atom stereocenters. The van der Waals surface area contributed by atoms with E-state index >= 15 is 8.78 Å². The number of aromatic nitrogens is 4. The number of anilines is 1. The van der Waals surface area contributed by atoms with Gasteiger partial charge in [0.15, 0.2) is 11.6 Å². The van der Waals surface area contributed by atoms with Gasteiger partial charge in [-0.2, -0.15) is 4.98 Å². The Morgan fingerprint density at radius 3 is 2.44 bits per heavy atom. The van der Waals surface area contributed by atoms with Gasteiger partial charge in [0.1, 0.15) is 30.3 Å². The lowest BCUT2D eigenvalue weighted by molar-refractivity contribution is -0.126. The van der Waals surface area contributed by atoms with Crippen LogP contribution >= 0.6 is 11.6 Å². The van der Waals surface area contributed by atoms with E-state index in [9.17, 15) is 14.7 Å². The number of nitrogens with zero attached hydrogens (tertiary/aromatic N) is 6. The average Bonchev–Trinajstić information content (AvgIpc) is 3.16. The summed E-state index contributed by atoms with van der Waals surface area (Å²) in [6, 6.07) is 3.06. The Kier molecular flexibility index (Phi) is 7.72. The van der Waals surface area contributed by atoms with Crippen molar-refractivity contribution in [1.82, 2.24) is 24.4 Å². The van der Waals surface area contributed by atoms with Gasteiger partial charge in [-0.25, -0.2) is 23.5 Å². The number of aromatic hydroxyl groups is 1. The molecule has 0 bridgehead atoms. The molecule has 2 aromatic carbocycles. The van der Waals surface area contributed by atoms with E-state index in [2.05, 4.69) is 21.5 Å². The number of rotatable bonds is 5. The van der Waals surface area contributed by atoms with Crippen LogP contribution in [0.2, 0.25) is 5.02 Å². The van der Waals surface area contributed by atoms with Crippen LogP contribution in [-0.4, -0.2) is 67.7 Å². The minimum absolute atomic E-state index is 0.00423. The second kappa shape index (κ2) is 11.4. The van der Waals surface area contributed by atoms with Crippen LogP contribution in [0.3, 0.4) is 0 Å². The van der Waals surface area contributed by atoms with Gasteiger partial charge in [-0.05, 0) is 30.0 Å². The fourth-order valence-corrected chi connectivity index (χ4v) is 6.52. The third kappa shape index (κ3) is 4.78. The molecule has 1 saturated heterocycles. The Hall–Kier alpha value is -4.58. The summed E-state index contributed by atoms with van der Waals surface area (Å²) in [6.45, 7) is 11.9. The number of phenols is 1. The zero-order chi connectivity index (χ0) is 32.3. The Balaban J connectivity index is 1.78. The molecule has 45 heavy (non-hydrogen) atoms. The molecule has 4 aromatic rings. The molecular formula is C32H31ClF2N6O4. The molecular weight excluding hydrogens is 606 g/mol. The van der Waals surface area contributed by atoms with Gasteiger partial charge in [0.25, 0.3) is 0 Å². The van der Waals surface area contributed by atoms with Crippen molar-refractivity contribution in [1.29, 1.82) is 0 Å². The summed E-state index contributed by atoms with van der Waals surface area (Å²) in [6.07, 6.45) is 2.64. The first-order chi connectivity index (χ1) is 21.5. The first-order valence-electron chi connectivity index (χ1n) is 14.6. The van der Waals surface area contributed by atoms with Crippen molar-refractivity contribution in [3.05, 3.63) is 75.7 Å². The lowest BCUT2D eigenvalue weighted by Gasteiger charge is -2.40. The van der Waals surface area contributed by atoms with Crippen LogP contribution in [0.25, 0.3) is 27.7 Å². The summed E-state index contributed by atoms with van der Waals surface area (Å²) in [5, 5.41) is 10.5. The van der Waals surface area contributed by atoms with Gasteiger partial charge in [0.05, 0.1) is 44.6 Å². The zero-order valence-electron chi connectivity index (χ0n) is 25.1. The molecule has 1 fully saturated rings. The number of carbonyl (C=O) groups excluding carboxylic acids is 1. The molecule has 1 atom stereocenters. The number of ether oxygens (including phenoxy) is 1. The molecule has 234 valence electrons. The Morgan fingerprint density at radius 2 is 1.82 bits per heavy atom. The van der Waals surface area contributed by atoms with Crippen molar-refractivity contribution >= 4 is 34.2 Å². The van der Waals surface area contributed by atoms with E-state index in [1.165, 1.54) is 29.1 Å². The van der Waals surface area contributed by atoms with Crippen molar-refractivity contribution in [3.8, 4) is 28.3 Å². The Labute approximate surface area is 262 Å². The number of benzene rings is 2. The quantitative estimate of drug-likeness (QED) is 0.293. The predicted molar refractivity (Wildman–Crippen MR) is 167 cm³/mol. The largest absolute Gasteiger partial charge is 0.507 e. The topological polar surface area (TPSA) is 114 Å². The van der Waals surface area contributed by atoms with Gasteiger partial charge in [0.2, 0.25) is 5.91 Å². The fourth-order valence-electron chi connectivity index (χ4n) is 6.16. The maximum Gasteiger partial charge on any atom is 0.354 e. The molecule has 1 N–H and O–H groups in total. The van der Waals surface area contributed by atoms with Gasteiger partial charge in [-0.1, -0.05) is 51.9 Å². The third-order valence-electron chi connectivity index (χ3n) is 8.25. The normalized spacial score (nSPS) is 16.2. The number of piperazine rings is 1. The molecule has 2 aliphatic heterocycles. The van der Waals surface area contributed by atoms with Gasteiger partial charge < -0.3 is 19.6 Å². The third-order valence-corrected chi connectivity index (χ3v) is 8.62. The van der Waals surface area contributed by atoms with Crippen molar-refractivity contribution in [2.24, 2.45) is 0 Å². The minimum Gasteiger partial charge on any atom is -0.507 e. The summed E-state index contributed by atoms with van der Waals surface area (Å²) in [5.74, 6) is -3.33. The van der Waals surface area contributed by atoms with E-state index in [0.717, 1.165) is 6.07 Å². The molecule has 1 amide bonds. The molecule has 0 radical (unpaired) electrons. The highest BCUT2D eigenvalue weighted by Gasteiger charge is 2.39. The number of hydrogen-bond donors (Lipinski definition) is 1. The SMILES string of the molecule is C=CC(=O)N1CCN2c3nc(=O)n(-c4c(C(C)C)ncnc4C(C)C)c4c(Cl)c(-c5c(O)cccc5F)c(F)c(c34)OCC2C1. The summed E-state index contributed by atoms with van der Waals surface area (Å²) in [5.41, 5.74) is -0.326. The second-order valence-electron chi connectivity index (χ2n) is 11.7. The number of hydrogen-bond acceptors (Lipinski definition) is 8. The summed E-state index contributed by atoms with van der Waals surface area (Å²) < 4.78 is 39.5. The standard InChI is InChI=1S/C32H31ClF2N6O4/c1-6-20(43)39-10-11-40-17(12-39)13-45-30-23-28(24(33)22(25(30)35)21-18(34)8-7-9-19(21)42)41(32(44)38-31(23)40)29-26(15(2)3)36-14-37-27(29)16(4)5/h6-9,14-17,42H,1,10-13H2,2-5H3. The molecule has 0 spiro atoms. The van der Waals surface area contributed by atoms with Crippen LogP contribution in [-0.2, 0) is 4.79 Å². The van der Waals surface area contributed by atoms with Crippen LogP contribution in [0.4, 0.5) is 14.6 Å². The van der Waals surface area contributed by atoms with Crippen molar-refractivity contribution in [3.63, 3.8) is 0 Å². The van der Waals surface area contributed by atoms with Crippen molar-refractivity contribution in [2.45, 2.75) is 45.6 Å². The first-order valence-corrected chi connectivity index (χ1v) is 14.9. The first kappa shape index (κ1) is 30.4. The van der Waals surface area contributed by atoms with Crippen molar-refractivity contribution < 1.29 is 23.4 Å². The van der Waals surface area contributed by atoms with Crippen molar-refractivity contribution in [2.75, 3.05) is 31.1 Å². The molecule has 13 heteroatoms. The van der Waals surface area contributed by atoms with Gasteiger partial charge in [-0.3, -0.25) is 9.36 Å². The Morgan fingerprint density at radius 1 is 1.13 bits per heavy atom. The maximum absolute atomic E-state index is 16.8. The highest BCUT2D eigenvalue weighted by atomic mass is 35.5. The van der Waals surface area contributed by atoms with E-state index in [4.69, 9.17) is 16.3 Å². The van der Waals surface area contributed by atoms with Crippen LogP contribution < -0.4 is 15.3 Å². The summed E-state index contributed by atoms with van der Waals surface area (Å²) in [7, 11) is 0. The van der Waals surface area contributed by atoms with E-state index < -0.39 is 40.2 Å². The molecule has 10 nitrogen and oxygen atoms in total. The number of amides is 1. The number of carbonyl (C=O) groups is 1. The van der Waals surface area contributed by atoms with Gasteiger partial charge in [0, 0.05) is 25.2 Å². The van der Waals surface area contributed by atoms with Crippen LogP contribution in [0.5, 0.6) is 11.5 Å². The smallest absolute Gasteiger partial charge is 0.354 e. The van der Waals surface area contributed by atoms with E-state index in [1.54, 1.807) is 4.90 Å². The maximum atomic E-state index is 16.8. The van der Waals surface area contributed by atoms with E-state index in [1.807, 2.05) is 32.6 Å². The lowest BCUT2D eigenvalue weighted by Crippen LogP contribution is -2.56. The molecule has 2 aliphatic rings. The summed E-state index contributed by atoms with van der Waals surface area (Å²) in [4.78, 5) is 43.6. The number of fused-ring (bicyclic) bond motifs is 2.